The van der Waals surface area contributed by atoms with Crippen LogP contribution in [0.5, 0.6) is 0 Å². The third kappa shape index (κ3) is 5.30. The molecular weight excluding hydrogens is 278 g/mol. The van der Waals surface area contributed by atoms with Gasteiger partial charge in [0.25, 0.3) is 10.1 Å². The number of benzene rings is 1. The van der Waals surface area contributed by atoms with Crippen molar-refractivity contribution < 1.29 is 17.8 Å². The number of hydrogen-bond acceptors (Lipinski definition) is 3. The van der Waals surface area contributed by atoms with Crippen LogP contribution < -0.4 is 5.32 Å². The summed E-state index contributed by atoms with van der Waals surface area (Å²) in [7, 11) is -4.19. The van der Waals surface area contributed by atoms with Crippen molar-refractivity contribution in [3.8, 4) is 0 Å². The highest BCUT2D eigenvalue weighted by Gasteiger charge is 2.25. The van der Waals surface area contributed by atoms with E-state index < -0.39 is 15.5 Å². The Balaban J connectivity index is 0. The molecule has 0 aliphatic carbocycles. The normalized spacial score (nSPS) is 11.0. The highest BCUT2D eigenvalue weighted by atomic mass is 32.2. The zero-order valence-electron chi connectivity index (χ0n) is 10.6. The molecule has 0 saturated carbocycles. The van der Waals surface area contributed by atoms with Crippen LogP contribution in [0, 0.1) is 5.41 Å². The van der Waals surface area contributed by atoms with Crippen molar-refractivity contribution in [2.75, 3.05) is 5.32 Å². The van der Waals surface area contributed by atoms with Crippen LogP contribution in [0.4, 0.5) is 5.69 Å². The summed E-state index contributed by atoms with van der Waals surface area (Å²) in [5.74, 6) is -0.135. The van der Waals surface area contributed by atoms with Gasteiger partial charge in [0.05, 0.1) is 4.90 Å². The molecule has 5 nitrogen and oxygen atoms in total. The smallest absolute Gasteiger partial charge is 0.294 e. The van der Waals surface area contributed by atoms with Crippen molar-refractivity contribution in [1.29, 1.82) is 0 Å². The van der Waals surface area contributed by atoms with Crippen LogP contribution in [-0.4, -0.2) is 18.9 Å². The average molecular weight is 303 g/mol. The SMILES string of the molecule is C.C.CCC(C)(C)C(=O)Nc1ccc(S(=O)(=O)O)cc1. The minimum absolute atomic E-state index is 0. The van der Waals surface area contributed by atoms with Gasteiger partial charge in [0.1, 0.15) is 0 Å². The van der Waals surface area contributed by atoms with E-state index in [4.69, 9.17) is 4.55 Å². The second kappa shape index (κ2) is 7.40. The van der Waals surface area contributed by atoms with Crippen LogP contribution in [-0.2, 0) is 14.9 Å². The van der Waals surface area contributed by atoms with Crippen molar-refractivity contribution in [3.05, 3.63) is 24.3 Å². The summed E-state index contributed by atoms with van der Waals surface area (Å²) >= 11 is 0. The molecule has 116 valence electrons. The molecular formula is C14H25NO4S. The number of hydrogen-bond donors (Lipinski definition) is 2. The lowest BCUT2D eigenvalue weighted by Gasteiger charge is -2.21. The van der Waals surface area contributed by atoms with Gasteiger partial charge >= 0.3 is 0 Å². The van der Waals surface area contributed by atoms with Crippen LogP contribution in [0.1, 0.15) is 42.0 Å². The Bertz CT molecular complexity index is 533. The van der Waals surface area contributed by atoms with Crippen molar-refractivity contribution in [2.24, 2.45) is 5.41 Å². The van der Waals surface area contributed by atoms with Gasteiger partial charge < -0.3 is 5.32 Å². The third-order valence-corrected chi connectivity index (χ3v) is 3.78. The third-order valence-electron chi connectivity index (χ3n) is 2.91. The topological polar surface area (TPSA) is 83.5 Å². The van der Waals surface area contributed by atoms with E-state index in [2.05, 4.69) is 5.32 Å². The lowest BCUT2D eigenvalue weighted by atomic mass is 9.89. The van der Waals surface area contributed by atoms with E-state index in [1.807, 2.05) is 20.8 Å². The van der Waals surface area contributed by atoms with E-state index in [0.29, 0.717) is 12.1 Å². The molecule has 0 saturated heterocycles. The molecule has 0 spiro atoms. The number of anilines is 1. The number of nitrogens with one attached hydrogen (secondary N) is 1. The lowest BCUT2D eigenvalue weighted by Crippen LogP contribution is -2.29. The van der Waals surface area contributed by atoms with Crippen LogP contribution in [0.25, 0.3) is 0 Å². The number of amides is 1. The first-order valence-corrected chi connectivity index (χ1v) is 7.00. The standard InChI is InChI=1S/C12H17NO4S.2CH4/c1-4-12(2,3)11(14)13-9-5-7-10(8-6-9)18(15,16)17;;/h5-8H,4H2,1-3H3,(H,13,14)(H,15,16,17);2*1H4. The maximum absolute atomic E-state index is 11.9. The summed E-state index contributed by atoms with van der Waals surface area (Å²) in [5.41, 5.74) is 0.00998. The van der Waals surface area contributed by atoms with E-state index in [9.17, 15) is 13.2 Å². The van der Waals surface area contributed by atoms with E-state index in [1.54, 1.807) is 0 Å². The fourth-order valence-corrected chi connectivity index (χ4v) is 1.65. The molecule has 0 heterocycles. The molecule has 1 aromatic rings. The predicted molar refractivity (Wildman–Crippen MR) is 82.4 cm³/mol. The molecule has 0 fully saturated rings. The van der Waals surface area contributed by atoms with Crippen LogP contribution in [0.3, 0.4) is 0 Å². The van der Waals surface area contributed by atoms with E-state index >= 15 is 0 Å². The number of carbonyl (C=O) groups is 1. The molecule has 0 aliphatic heterocycles. The van der Waals surface area contributed by atoms with E-state index in [1.165, 1.54) is 24.3 Å². The molecule has 1 amide bonds. The maximum atomic E-state index is 11.9. The maximum Gasteiger partial charge on any atom is 0.294 e. The Kier molecular flexibility index (Phi) is 7.74. The van der Waals surface area contributed by atoms with Crippen molar-refractivity contribution in [3.63, 3.8) is 0 Å². The monoisotopic (exact) mass is 303 g/mol. The summed E-state index contributed by atoms with van der Waals surface area (Å²) < 4.78 is 30.5. The molecule has 0 bridgehead atoms. The molecule has 2 N–H and O–H groups in total. The highest BCUT2D eigenvalue weighted by Crippen LogP contribution is 2.22. The second-order valence-electron chi connectivity index (χ2n) is 4.69. The summed E-state index contributed by atoms with van der Waals surface area (Å²) in [6, 6.07) is 5.35. The minimum Gasteiger partial charge on any atom is -0.326 e. The Hall–Kier alpha value is -1.40. The quantitative estimate of drug-likeness (QED) is 0.833. The second-order valence-corrected chi connectivity index (χ2v) is 6.11. The lowest BCUT2D eigenvalue weighted by molar-refractivity contribution is -0.124. The highest BCUT2D eigenvalue weighted by molar-refractivity contribution is 7.85. The predicted octanol–water partition coefficient (Wildman–Crippen LogP) is 3.58. The van der Waals surface area contributed by atoms with E-state index in [0.717, 1.165) is 0 Å². The van der Waals surface area contributed by atoms with Gasteiger partial charge in [-0.25, -0.2) is 0 Å². The van der Waals surface area contributed by atoms with Gasteiger partial charge in [0.2, 0.25) is 5.91 Å². The summed E-state index contributed by atoms with van der Waals surface area (Å²) in [4.78, 5) is 11.7. The molecule has 0 aliphatic rings. The summed E-state index contributed by atoms with van der Waals surface area (Å²) in [6.07, 6.45) is 0.696. The Morgan fingerprint density at radius 2 is 1.65 bits per heavy atom. The van der Waals surface area contributed by atoms with Crippen molar-refractivity contribution >= 4 is 21.7 Å². The van der Waals surface area contributed by atoms with E-state index in [-0.39, 0.29) is 25.7 Å². The molecule has 1 aromatic carbocycles. The number of carbonyl (C=O) groups excluding carboxylic acids is 1. The Labute approximate surface area is 122 Å². The first-order chi connectivity index (χ1) is 8.16. The zero-order valence-corrected chi connectivity index (χ0v) is 11.4. The minimum atomic E-state index is -4.19. The van der Waals surface area contributed by atoms with Gasteiger partial charge in [-0.15, -0.1) is 0 Å². The first kappa shape index (κ1) is 20.9. The van der Waals surface area contributed by atoms with Gasteiger partial charge in [0, 0.05) is 11.1 Å². The largest absolute Gasteiger partial charge is 0.326 e. The van der Waals surface area contributed by atoms with Gasteiger partial charge in [-0.2, -0.15) is 8.42 Å². The fourth-order valence-electron chi connectivity index (χ4n) is 1.17. The first-order valence-electron chi connectivity index (χ1n) is 5.56. The van der Waals surface area contributed by atoms with Gasteiger partial charge in [-0.1, -0.05) is 35.6 Å². The summed E-state index contributed by atoms with van der Waals surface area (Å²) in [5, 5.41) is 2.70. The fraction of sp³-hybridized carbons (Fsp3) is 0.500. The summed E-state index contributed by atoms with van der Waals surface area (Å²) in [6.45, 7) is 5.57. The molecule has 0 unspecified atom stereocenters. The van der Waals surface area contributed by atoms with Gasteiger partial charge in [-0.3, -0.25) is 9.35 Å². The molecule has 0 atom stereocenters. The number of rotatable bonds is 4. The Morgan fingerprint density at radius 1 is 1.20 bits per heavy atom. The van der Waals surface area contributed by atoms with Crippen LogP contribution in [0.15, 0.2) is 29.2 Å². The van der Waals surface area contributed by atoms with Crippen LogP contribution in [0.2, 0.25) is 0 Å². The molecule has 0 aromatic heterocycles. The van der Waals surface area contributed by atoms with Gasteiger partial charge in [-0.05, 0) is 30.7 Å². The molecule has 6 heteroatoms. The zero-order chi connectivity index (χ0) is 14.0. The molecule has 1 rings (SSSR count). The Morgan fingerprint density at radius 3 is 2.00 bits per heavy atom. The molecule has 20 heavy (non-hydrogen) atoms. The average Bonchev–Trinajstić information content (AvgIpc) is 2.28. The van der Waals surface area contributed by atoms with Crippen molar-refractivity contribution in [1.82, 2.24) is 0 Å². The van der Waals surface area contributed by atoms with Crippen LogP contribution >= 0.6 is 0 Å². The van der Waals surface area contributed by atoms with Crippen molar-refractivity contribution in [2.45, 2.75) is 46.9 Å². The van der Waals surface area contributed by atoms with Gasteiger partial charge in [0.15, 0.2) is 0 Å². The molecule has 0 radical (unpaired) electrons.